The molecule has 7 heteroatoms. The van der Waals surface area contributed by atoms with Crippen molar-refractivity contribution in [3.63, 3.8) is 0 Å². The van der Waals surface area contributed by atoms with Gasteiger partial charge in [0.05, 0.1) is 6.54 Å². The fourth-order valence-corrected chi connectivity index (χ4v) is 3.31. The summed E-state index contributed by atoms with van der Waals surface area (Å²) in [5.41, 5.74) is 2.70. The maximum atomic E-state index is 13.4. The van der Waals surface area contributed by atoms with Gasteiger partial charge in [0.2, 0.25) is 0 Å². The van der Waals surface area contributed by atoms with Crippen molar-refractivity contribution >= 4 is 11.6 Å². The monoisotopic (exact) mass is 380 g/mol. The molecule has 1 amide bonds. The standard InChI is InChI=1S/C21H21FN4O2/c22-15-5-4-6-16(13-15)24-21(27)20-18-14-23-10-9-19(18)26(25-20)11-12-28-17-7-2-1-3-8-17/h1-8,13,23H,9-12,14H2,(H,24,27). The van der Waals surface area contributed by atoms with E-state index < -0.39 is 5.82 Å². The lowest BCUT2D eigenvalue weighted by molar-refractivity contribution is 0.102. The second-order valence-corrected chi connectivity index (χ2v) is 6.55. The largest absolute Gasteiger partial charge is 0.492 e. The first-order valence-electron chi connectivity index (χ1n) is 9.25. The van der Waals surface area contributed by atoms with Gasteiger partial charge in [-0.25, -0.2) is 4.39 Å². The Hall–Kier alpha value is -3.19. The van der Waals surface area contributed by atoms with E-state index in [9.17, 15) is 9.18 Å². The van der Waals surface area contributed by atoms with Crippen LogP contribution in [0.25, 0.3) is 0 Å². The summed E-state index contributed by atoms with van der Waals surface area (Å²) in [6.45, 7) is 2.42. The molecule has 0 saturated carbocycles. The predicted octanol–water partition coefficient (Wildman–Crippen LogP) is 3.00. The van der Waals surface area contributed by atoms with Gasteiger partial charge in [0.15, 0.2) is 5.69 Å². The van der Waals surface area contributed by atoms with Crippen LogP contribution in [0.5, 0.6) is 5.75 Å². The minimum atomic E-state index is -0.398. The van der Waals surface area contributed by atoms with Crippen molar-refractivity contribution < 1.29 is 13.9 Å². The number of anilines is 1. The SMILES string of the molecule is O=C(Nc1cccc(F)c1)c1nn(CCOc2ccccc2)c2c1CNCC2. The first kappa shape index (κ1) is 18.2. The third-order valence-electron chi connectivity index (χ3n) is 4.62. The molecule has 2 N–H and O–H groups in total. The van der Waals surface area contributed by atoms with E-state index in [1.54, 1.807) is 12.1 Å². The van der Waals surface area contributed by atoms with E-state index in [1.807, 2.05) is 35.0 Å². The Morgan fingerprint density at radius 1 is 1.21 bits per heavy atom. The number of para-hydroxylation sites is 1. The van der Waals surface area contributed by atoms with Gasteiger partial charge < -0.3 is 15.4 Å². The molecule has 0 unspecified atom stereocenters. The second-order valence-electron chi connectivity index (χ2n) is 6.55. The van der Waals surface area contributed by atoms with Gasteiger partial charge in [-0.15, -0.1) is 0 Å². The van der Waals surface area contributed by atoms with Crippen LogP contribution >= 0.6 is 0 Å². The van der Waals surface area contributed by atoms with Gasteiger partial charge in [0.25, 0.3) is 5.91 Å². The molecule has 0 saturated heterocycles. The van der Waals surface area contributed by atoms with Crippen LogP contribution in [-0.4, -0.2) is 28.8 Å². The second kappa shape index (κ2) is 8.22. The van der Waals surface area contributed by atoms with Crippen LogP contribution in [0, 0.1) is 5.82 Å². The minimum Gasteiger partial charge on any atom is -0.492 e. The van der Waals surface area contributed by atoms with Crippen LogP contribution < -0.4 is 15.4 Å². The van der Waals surface area contributed by atoms with E-state index in [2.05, 4.69) is 15.7 Å². The number of fused-ring (bicyclic) bond motifs is 1. The van der Waals surface area contributed by atoms with Gasteiger partial charge in [-0.05, 0) is 30.3 Å². The first-order chi connectivity index (χ1) is 13.7. The summed E-state index contributed by atoms with van der Waals surface area (Å²) < 4.78 is 21.0. The third-order valence-corrected chi connectivity index (χ3v) is 4.62. The Kier molecular flexibility index (Phi) is 5.34. The molecule has 1 aliphatic rings. The molecule has 2 heterocycles. The van der Waals surface area contributed by atoms with Crippen molar-refractivity contribution in [2.45, 2.75) is 19.5 Å². The maximum Gasteiger partial charge on any atom is 0.276 e. The smallest absolute Gasteiger partial charge is 0.276 e. The van der Waals surface area contributed by atoms with E-state index in [1.165, 1.54) is 12.1 Å². The van der Waals surface area contributed by atoms with Crippen molar-refractivity contribution in [1.29, 1.82) is 0 Å². The molecule has 1 aliphatic heterocycles. The number of carbonyl (C=O) groups excluding carboxylic acids is 1. The Labute approximate surface area is 162 Å². The molecule has 0 radical (unpaired) electrons. The van der Waals surface area contributed by atoms with E-state index in [0.29, 0.717) is 31.1 Å². The molecule has 28 heavy (non-hydrogen) atoms. The number of hydrogen-bond donors (Lipinski definition) is 2. The zero-order valence-corrected chi connectivity index (χ0v) is 15.3. The van der Waals surface area contributed by atoms with Crippen molar-refractivity contribution in [2.75, 3.05) is 18.5 Å². The number of amides is 1. The Balaban J connectivity index is 1.50. The maximum absolute atomic E-state index is 13.4. The molecule has 3 aromatic rings. The lowest BCUT2D eigenvalue weighted by Crippen LogP contribution is -2.26. The topological polar surface area (TPSA) is 68.2 Å². The van der Waals surface area contributed by atoms with Gasteiger partial charge >= 0.3 is 0 Å². The highest BCUT2D eigenvalue weighted by Crippen LogP contribution is 2.20. The summed E-state index contributed by atoms with van der Waals surface area (Å²) in [4.78, 5) is 12.7. The highest BCUT2D eigenvalue weighted by molar-refractivity contribution is 6.04. The molecule has 144 valence electrons. The van der Waals surface area contributed by atoms with Crippen LogP contribution in [0.1, 0.15) is 21.7 Å². The van der Waals surface area contributed by atoms with Gasteiger partial charge in [-0.2, -0.15) is 5.10 Å². The van der Waals surface area contributed by atoms with Gasteiger partial charge in [-0.1, -0.05) is 24.3 Å². The summed E-state index contributed by atoms with van der Waals surface area (Å²) in [5.74, 6) is 0.0626. The molecule has 2 aromatic carbocycles. The van der Waals surface area contributed by atoms with Gasteiger partial charge in [0.1, 0.15) is 18.2 Å². The third kappa shape index (κ3) is 4.04. The van der Waals surface area contributed by atoms with Crippen LogP contribution in [-0.2, 0) is 19.5 Å². The van der Waals surface area contributed by atoms with Crippen LogP contribution in [0.3, 0.4) is 0 Å². The fourth-order valence-electron chi connectivity index (χ4n) is 3.31. The minimum absolute atomic E-state index is 0.340. The number of ether oxygens (including phenoxy) is 1. The van der Waals surface area contributed by atoms with Crippen LogP contribution in [0.2, 0.25) is 0 Å². The van der Waals surface area contributed by atoms with Crippen LogP contribution in [0.15, 0.2) is 54.6 Å². The molecule has 0 spiro atoms. The number of aromatic nitrogens is 2. The predicted molar refractivity (Wildman–Crippen MR) is 104 cm³/mol. The molecule has 0 aliphatic carbocycles. The first-order valence-corrected chi connectivity index (χ1v) is 9.25. The van der Waals surface area contributed by atoms with Crippen molar-refractivity contribution in [2.24, 2.45) is 0 Å². The molecular weight excluding hydrogens is 359 g/mol. The van der Waals surface area contributed by atoms with Crippen molar-refractivity contribution in [3.05, 3.63) is 77.4 Å². The number of nitrogens with one attached hydrogen (secondary N) is 2. The van der Waals surface area contributed by atoms with Gasteiger partial charge in [-0.3, -0.25) is 9.48 Å². The lowest BCUT2D eigenvalue weighted by Gasteiger charge is -2.15. The molecule has 0 atom stereocenters. The molecule has 0 fully saturated rings. The number of carbonyl (C=O) groups is 1. The quantitative estimate of drug-likeness (QED) is 0.690. The summed E-state index contributed by atoms with van der Waals surface area (Å²) in [5, 5.41) is 10.5. The highest BCUT2D eigenvalue weighted by atomic mass is 19.1. The fraction of sp³-hybridized carbons (Fsp3) is 0.238. The van der Waals surface area contributed by atoms with E-state index in [0.717, 1.165) is 30.0 Å². The zero-order valence-electron chi connectivity index (χ0n) is 15.3. The van der Waals surface area contributed by atoms with E-state index >= 15 is 0 Å². The highest BCUT2D eigenvalue weighted by Gasteiger charge is 2.25. The van der Waals surface area contributed by atoms with Gasteiger partial charge in [0, 0.05) is 36.5 Å². The molecule has 4 rings (SSSR count). The molecule has 0 bridgehead atoms. The van der Waals surface area contributed by atoms with E-state index in [-0.39, 0.29) is 5.91 Å². The zero-order chi connectivity index (χ0) is 19.3. The average molecular weight is 380 g/mol. The Morgan fingerprint density at radius 3 is 2.89 bits per heavy atom. The number of hydrogen-bond acceptors (Lipinski definition) is 4. The number of rotatable bonds is 6. The number of halogens is 1. The van der Waals surface area contributed by atoms with Crippen molar-refractivity contribution in [1.82, 2.24) is 15.1 Å². The Bertz CT molecular complexity index is 972. The Morgan fingerprint density at radius 2 is 2.07 bits per heavy atom. The molecular formula is C21H21FN4O2. The van der Waals surface area contributed by atoms with Crippen molar-refractivity contribution in [3.8, 4) is 5.75 Å². The summed E-state index contributed by atoms with van der Waals surface area (Å²) in [6, 6.07) is 15.4. The normalized spacial score (nSPS) is 13.0. The molecule has 6 nitrogen and oxygen atoms in total. The summed E-state index contributed by atoms with van der Waals surface area (Å²) in [6.07, 6.45) is 0.793. The average Bonchev–Trinajstić information content (AvgIpc) is 3.08. The van der Waals surface area contributed by atoms with Crippen LogP contribution in [0.4, 0.5) is 10.1 Å². The summed E-state index contributed by atoms with van der Waals surface area (Å²) >= 11 is 0. The number of benzene rings is 2. The lowest BCUT2D eigenvalue weighted by atomic mass is 10.1. The molecule has 1 aromatic heterocycles. The summed E-state index contributed by atoms with van der Waals surface area (Å²) in [7, 11) is 0. The van der Waals surface area contributed by atoms with E-state index in [4.69, 9.17) is 4.74 Å². The number of nitrogens with zero attached hydrogens (tertiary/aromatic N) is 2.